The molecule has 5 N–H and O–H groups in total. The number of nitrogens with one attached hydrogen (secondary N) is 1. The number of quaternary nitrogens is 2. The van der Waals surface area contributed by atoms with Crippen LogP contribution in [0.4, 0.5) is 0 Å². The molecule has 0 heterocycles. The van der Waals surface area contributed by atoms with Gasteiger partial charge in [0.2, 0.25) is 0 Å². The van der Waals surface area contributed by atoms with Crippen LogP contribution in [-0.2, 0) is 11.3 Å². The maximum absolute atomic E-state index is 10.8. The van der Waals surface area contributed by atoms with E-state index in [9.17, 15) is 4.79 Å². The smallest absolute Gasteiger partial charge is 0.255 e. The lowest BCUT2D eigenvalue weighted by Crippen LogP contribution is -3.09. The van der Waals surface area contributed by atoms with Gasteiger partial charge in [0.15, 0.2) is 18.1 Å². The lowest BCUT2D eigenvalue weighted by atomic mass is 10.2. The summed E-state index contributed by atoms with van der Waals surface area (Å²) in [4.78, 5) is 12.2. The molecule has 0 aliphatic heterocycles. The van der Waals surface area contributed by atoms with Gasteiger partial charge in [-0.1, -0.05) is 0 Å². The molecule has 0 fully saturated rings. The highest BCUT2D eigenvalue weighted by atomic mass is 79.9. The Bertz CT molecular complexity index is 481. The van der Waals surface area contributed by atoms with Crippen molar-refractivity contribution in [3.63, 3.8) is 0 Å². The summed E-state index contributed by atoms with van der Waals surface area (Å²) in [6, 6.07) is 3.89. The molecule has 7 heteroatoms. The molecular weight excluding hydrogens is 338 g/mol. The molecule has 0 aliphatic carbocycles. The number of rotatable bonds is 9. The average Bonchev–Trinajstić information content (AvgIpc) is 2.41. The van der Waals surface area contributed by atoms with Crippen LogP contribution in [0.1, 0.15) is 5.56 Å². The first kappa shape index (κ1) is 17.7. The molecule has 0 radical (unpaired) electrons. The lowest BCUT2D eigenvalue weighted by molar-refractivity contribution is -0.875. The monoisotopic (exact) mass is 361 g/mol. The summed E-state index contributed by atoms with van der Waals surface area (Å²) in [5.74, 6) is 0.567. The number of ether oxygens (including phenoxy) is 2. The molecule has 21 heavy (non-hydrogen) atoms. The van der Waals surface area contributed by atoms with Crippen molar-refractivity contribution in [2.75, 3.05) is 40.9 Å². The second kappa shape index (κ2) is 8.86. The zero-order chi connectivity index (χ0) is 15.8. The largest absolute Gasteiger partial charge is 0.493 e. The molecule has 1 rings (SSSR count). The van der Waals surface area contributed by atoms with Gasteiger partial charge < -0.3 is 25.4 Å². The number of primary amides is 1. The molecule has 6 nitrogen and oxygen atoms in total. The summed E-state index contributed by atoms with van der Waals surface area (Å²) in [6.45, 7) is 2.85. The standard InChI is InChI=1S/C14H22BrN3O3/c1-18(2)5-4-17-8-10-6-11(15)14(12(7-10)20-3)21-9-13(16)19/h6-7,17H,4-5,8-9H2,1-3H3,(H2,16,19)/p+2. The van der Waals surface area contributed by atoms with Gasteiger partial charge >= 0.3 is 0 Å². The topological polar surface area (TPSA) is 82.6 Å². The number of carbonyl (C=O) groups is 1. The fraction of sp³-hybridized carbons (Fsp3) is 0.500. The summed E-state index contributed by atoms with van der Waals surface area (Å²) in [7, 11) is 5.85. The van der Waals surface area contributed by atoms with E-state index in [-0.39, 0.29) is 6.61 Å². The van der Waals surface area contributed by atoms with E-state index in [4.69, 9.17) is 15.2 Å². The van der Waals surface area contributed by atoms with Crippen LogP contribution in [0.15, 0.2) is 16.6 Å². The van der Waals surface area contributed by atoms with Crippen molar-refractivity contribution in [1.82, 2.24) is 0 Å². The number of hydrogen-bond donors (Lipinski definition) is 3. The summed E-state index contributed by atoms with van der Waals surface area (Å²) in [5.41, 5.74) is 6.21. The maximum atomic E-state index is 10.8. The fourth-order valence-electron chi connectivity index (χ4n) is 1.83. The van der Waals surface area contributed by atoms with Crippen LogP contribution in [0.5, 0.6) is 11.5 Å². The first-order chi connectivity index (χ1) is 9.93. The lowest BCUT2D eigenvalue weighted by Gasteiger charge is -2.13. The Kier molecular flexibility index (Phi) is 7.49. The minimum atomic E-state index is -0.521. The van der Waals surface area contributed by atoms with Gasteiger partial charge in [-0.15, -0.1) is 0 Å². The number of carbonyl (C=O) groups excluding carboxylic acids is 1. The van der Waals surface area contributed by atoms with Crippen molar-refractivity contribution < 1.29 is 24.5 Å². The average molecular weight is 362 g/mol. The van der Waals surface area contributed by atoms with Crippen LogP contribution < -0.4 is 25.4 Å². The molecule has 118 valence electrons. The van der Waals surface area contributed by atoms with E-state index in [2.05, 4.69) is 35.3 Å². The third-order valence-electron chi connectivity index (χ3n) is 2.88. The SMILES string of the molecule is COc1cc(C[NH2+]CC[NH+](C)C)cc(Br)c1OCC(N)=O. The summed E-state index contributed by atoms with van der Waals surface area (Å²) < 4.78 is 11.4. The van der Waals surface area contributed by atoms with Gasteiger partial charge in [0, 0.05) is 5.56 Å². The van der Waals surface area contributed by atoms with Crippen molar-refractivity contribution in [1.29, 1.82) is 0 Å². The minimum absolute atomic E-state index is 0.175. The van der Waals surface area contributed by atoms with E-state index in [0.717, 1.165) is 29.7 Å². The molecule has 0 aromatic heterocycles. The van der Waals surface area contributed by atoms with Crippen molar-refractivity contribution in [3.05, 3.63) is 22.2 Å². The van der Waals surface area contributed by atoms with Crippen LogP contribution in [0.3, 0.4) is 0 Å². The highest BCUT2D eigenvalue weighted by Gasteiger charge is 2.13. The van der Waals surface area contributed by atoms with Crippen molar-refractivity contribution in [2.45, 2.75) is 6.54 Å². The predicted molar refractivity (Wildman–Crippen MR) is 83.6 cm³/mol. The van der Waals surface area contributed by atoms with Gasteiger partial charge in [-0.25, -0.2) is 0 Å². The molecule has 0 aliphatic rings. The number of halogens is 1. The number of methoxy groups -OCH3 is 1. The third kappa shape index (κ3) is 6.33. The normalized spacial score (nSPS) is 10.7. The van der Waals surface area contributed by atoms with Crippen LogP contribution >= 0.6 is 15.9 Å². The number of amides is 1. The Labute approximate surface area is 133 Å². The van der Waals surface area contributed by atoms with E-state index in [1.807, 2.05) is 12.1 Å². The van der Waals surface area contributed by atoms with E-state index in [1.165, 1.54) is 4.90 Å². The molecule has 0 spiro atoms. The first-order valence-electron chi connectivity index (χ1n) is 6.82. The minimum Gasteiger partial charge on any atom is -0.493 e. The Morgan fingerprint density at radius 2 is 2.14 bits per heavy atom. The molecular formula is C14H24BrN3O3+2. The molecule has 0 saturated heterocycles. The molecule has 1 aromatic rings. The van der Waals surface area contributed by atoms with Gasteiger partial charge in [-0.05, 0) is 28.1 Å². The zero-order valence-electron chi connectivity index (χ0n) is 12.7. The molecule has 1 amide bonds. The number of hydrogen-bond acceptors (Lipinski definition) is 3. The zero-order valence-corrected chi connectivity index (χ0v) is 14.3. The van der Waals surface area contributed by atoms with E-state index >= 15 is 0 Å². The van der Waals surface area contributed by atoms with Crippen LogP contribution in [-0.4, -0.2) is 46.8 Å². The number of likely N-dealkylation sites (N-methyl/N-ethyl adjacent to an activating group) is 1. The van der Waals surface area contributed by atoms with Crippen molar-refractivity contribution in [2.24, 2.45) is 5.73 Å². The van der Waals surface area contributed by atoms with E-state index in [1.54, 1.807) is 7.11 Å². The van der Waals surface area contributed by atoms with Gasteiger partial charge in [0.05, 0.1) is 25.7 Å². The van der Waals surface area contributed by atoms with Crippen LogP contribution in [0.2, 0.25) is 0 Å². The first-order valence-corrected chi connectivity index (χ1v) is 7.61. The molecule has 1 aromatic carbocycles. The maximum Gasteiger partial charge on any atom is 0.255 e. The second-order valence-corrected chi connectivity index (χ2v) is 5.96. The van der Waals surface area contributed by atoms with Crippen LogP contribution in [0.25, 0.3) is 0 Å². The fourth-order valence-corrected chi connectivity index (χ4v) is 2.44. The van der Waals surface area contributed by atoms with Crippen molar-refractivity contribution in [3.8, 4) is 11.5 Å². The van der Waals surface area contributed by atoms with Gasteiger partial charge in [-0.3, -0.25) is 4.79 Å². The summed E-state index contributed by atoms with van der Waals surface area (Å²) in [5, 5.41) is 2.25. The Morgan fingerprint density at radius 3 is 2.71 bits per heavy atom. The quantitative estimate of drug-likeness (QED) is 0.469. The molecule has 0 saturated carbocycles. The van der Waals surface area contributed by atoms with Crippen LogP contribution in [0, 0.1) is 0 Å². The summed E-state index contributed by atoms with van der Waals surface area (Å²) in [6.07, 6.45) is 0. The Hall–Kier alpha value is -1.31. The Morgan fingerprint density at radius 1 is 1.43 bits per heavy atom. The van der Waals surface area contributed by atoms with Gasteiger partial charge in [0.25, 0.3) is 5.91 Å². The number of nitrogens with two attached hydrogens (primary N) is 2. The molecule has 0 unspecified atom stereocenters. The van der Waals surface area contributed by atoms with E-state index < -0.39 is 5.91 Å². The number of benzene rings is 1. The Balaban J connectivity index is 2.71. The molecule has 0 bridgehead atoms. The summed E-state index contributed by atoms with van der Waals surface area (Å²) >= 11 is 3.45. The predicted octanol–water partition coefficient (Wildman–Crippen LogP) is -1.47. The van der Waals surface area contributed by atoms with E-state index in [0.29, 0.717) is 11.5 Å². The molecule has 0 atom stereocenters. The van der Waals surface area contributed by atoms with Gasteiger partial charge in [-0.2, -0.15) is 0 Å². The van der Waals surface area contributed by atoms with Crippen molar-refractivity contribution >= 4 is 21.8 Å². The second-order valence-electron chi connectivity index (χ2n) is 5.10. The highest BCUT2D eigenvalue weighted by molar-refractivity contribution is 9.10. The third-order valence-corrected chi connectivity index (χ3v) is 3.47. The van der Waals surface area contributed by atoms with Gasteiger partial charge in [0.1, 0.15) is 19.6 Å². The highest BCUT2D eigenvalue weighted by Crippen LogP contribution is 2.36.